The largest absolute Gasteiger partial charge is 0.494 e. The number of anilines is 2. The summed E-state index contributed by atoms with van der Waals surface area (Å²) in [5.74, 6) is 0.833. The lowest BCUT2D eigenvalue weighted by Crippen LogP contribution is -2.31. The molecule has 1 fully saturated rings. The maximum absolute atomic E-state index is 5.87. The van der Waals surface area contributed by atoms with Crippen molar-refractivity contribution in [3.05, 3.63) is 18.2 Å². The van der Waals surface area contributed by atoms with Crippen molar-refractivity contribution in [3.8, 4) is 5.75 Å². The number of rotatable bonds is 5. The van der Waals surface area contributed by atoms with E-state index in [0.29, 0.717) is 12.6 Å². The molecule has 3 N–H and O–H groups in total. The fraction of sp³-hybridized carbons (Fsp3) is 0.571. The second kappa shape index (κ2) is 5.96. The summed E-state index contributed by atoms with van der Waals surface area (Å²) in [5.41, 5.74) is 7.65. The van der Waals surface area contributed by atoms with E-state index in [1.165, 1.54) is 19.4 Å². The Labute approximate surface area is 109 Å². The summed E-state index contributed by atoms with van der Waals surface area (Å²) in [6.45, 7) is 4.80. The highest BCUT2D eigenvalue weighted by Gasteiger charge is 2.20. The van der Waals surface area contributed by atoms with Crippen LogP contribution in [0.2, 0.25) is 0 Å². The molecule has 0 saturated carbocycles. The van der Waals surface area contributed by atoms with Crippen molar-refractivity contribution in [2.45, 2.75) is 25.8 Å². The Morgan fingerprint density at radius 2 is 2.28 bits per heavy atom. The van der Waals surface area contributed by atoms with Gasteiger partial charge in [-0.1, -0.05) is 0 Å². The number of benzene rings is 1. The topological polar surface area (TPSA) is 50.5 Å². The van der Waals surface area contributed by atoms with Crippen LogP contribution in [0.1, 0.15) is 19.8 Å². The van der Waals surface area contributed by atoms with E-state index in [-0.39, 0.29) is 0 Å². The van der Waals surface area contributed by atoms with Crippen molar-refractivity contribution in [3.63, 3.8) is 0 Å². The van der Waals surface area contributed by atoms with Crippen molar-refractivity contribution >= 4 is 11.4 Å². The quantitative estimate of drug-likeness (QED) is 0.785. The second-order valence-corrected chi connectivity index (χ2v) is 4.88. The Balaban J connectivity index is 1.95. The first-order chi connectivity index (χ1) is 8.69. The number of nitrogens with two attached hydrogens (primary N) is 1. The average Bonchev–Trinajstić information content (AvgIpc) is 2.72. The van der Waals surface area contributed by atoms with Gasteiger partial charge in [-0.15, -0.1) is 0 Å². The third-order valence-corrected chi connectivity index (χ3v) is 3.45. The van der Waals surface area contributed by atoms with Crippen LogP contribution in [0.5, 0.6) is 5.75 Å². The lowest BCUT2D eigenvalue weighted by molar-refractivity contribution is 0.322. The van der Waals surface area contributed by atoms with Crippen LogP contribution in [-0.4, -0.2) is 37.7 Å². The molecule has 0 radical (unpaired) electrons. The maximum atomic E-state index is 5.87. The molecule has 0 amide bonds. The Morgan fingerprint density at radius 3 is 2.94 bits per heavy atom. The minimum absolute atomic E-state index is 0.627. The molecule has 0 bridgehead atoms. The molecule has 18 heavy (non-hydrogen) atoms. The number of likely N-dealkylation sites (N-methyl/N-ethyl adjacent to an activating group) is 1. The minimum Gasteiger partial charge on any atom is -0.494 e. The number of nitrogen functional groups attached to an aromatic ring is 1. The predicted molar refractivity (Wildman–Crippen MR) is 76.2 cm³/mol. The van der Waals surface area contributed by atoms with Crippen LogP contribution >= 0.6 is 0 Å². The summed E-state index contributed by atoms with van der Waals surface area (Å²) in [5, 5.41) is 3.45. The van der Waals surface area contributed by atoms with E-state index in [1.807, 2.05) is 25.1 Å². The Morgan fingerprint density at radius 1 is 1.44 bits per heavy atom. The van der Waals surface area contributed by atoms with Crippen molar-refractivity contribution in [2.24, 2.45) is 0 Å². The van der Waals surface area contributed by atoms with Gasteiger partial charge in [-0.25, -0.2) is 0 Å². The van der Waals surface area contributed by atoms with Crippen molar-refractivity contribution < 1.29 is 4.74 Å². The summed E-state index contributed by atoms with van der Waals surface area (Å²) in [6.07, 6.45) is 2.56. The van der Waals surface area contributed by atoms with Gasteiger partial charge in [-0.3, -0.25) is 0 Å². The lowest BCUT2D eigenvalue weighted by atomic mass is 10.2. The first-order valence-corrected chi connectivity index (χ1v) is 6.66. The molecule has 1 saturated heterocycles. The van der Waals surface area contributed by atoms with Crippen LogP contribution in [0.4, 0.5) is 11.4 Å². The van der Waals surface area contributed by atoms with Gasteiger partial charge in [0.25, 0.3) is 0 Å². The molecule has 1 aliphatic heterocycles. The van der Waals surface area contributed by atoms with Gasteiger partial charge >= 0.3 is 0 Å². The van der Waals surface area contributed by atoms with E-state index in [0.717, 1.165) is 23.7 Å². The summed E-state index contributed by atoms with van der Waals surface area (Å²) >= 11 is 0. The summed E-state index contributed by atoms with van der Waals surface area (Å²) in [7, 11) is 2.18. The van der Waals surface area contributed by atoms with Crippen LogP contribution < -0.4 is 15.8 Å². The van der Waals surface area contributed by atoms with Crippen LogP contribution in [0, 0.1) is 0 Å². The number of hydrogen-bond donors (Lipinski definition) is 2. The van der Waals surface area contributed by atoms with Crippen LogP contribution in [-0.2, 0) is 0 Å². The molecule has 1 aliphatic rings. The smallest absolute Gasteiger partial charge is 0.123 e. The zero-order valence-corrected chi connectivity index (χ0v) is 11.3. The van der Waals surface area contributed by atoms with Gasteiger partial charge in [0, 0.05) is 36.1 Å². The van der Waals surface area contributed by atoms with Crippen molar-refractivity contribution in [1.82, 2.24) is 4.90 Å². The molecule has 1 unspecified atom stereocenters. The molecule has 100 valence electrons. The number of ether oxygens (including phenoxy) is 1. The fourth-order valence-electron chi connectivity index (χ4n) is 2.45. The second-order valence-electron chi connectivity index (χ2n) is 4.88. The molecule has 4 nitrogen and oxygen atoms in total. The summed E-state index contributed by atoms with van der Waals surface area (Å²) in [4.78, 5) is 2.41. The SMILES string of the molecule is CCOc1cc(N)cc(NCC2CCCN2C)c1. The zero-order chi connectivity index (χ0) is 13.0. The molecule has 1 atom stereocenters. The summed E-state index contributed by atoms with van der Waals surface area (Å²) < 4.78 is 5.49. The van der Waals surface area contributed by atoms with Gasteiger partial charge in [0.2, 0.25) is 0 Å². The Hall–Kier alpha value is -1.42. The van der Waals surface area contributed by atoms with Gasteiger partial charge in [0.1, 0.15) is 5.75 Å². The molecule has 0 aliphatic carbocycles. The standard InChI is InChI=1S/C14H23N3O/c1-3-18-14-8-11(15)7-12(9-14)16-10-13-5-4-6-17(13)2/h7-9,13,16H,3-6,10,15H2,1-2H3. The fourth-order valence-corrected chi connectivity index (χ4v) is 2.45. The molecule has 1 aromatic rings. The molecular formula is C14H23N3O. The molecule has 0 spiro atoms. The van der Waals surface area contributed by atoms with Crippen molar-refractivity contribution in [2.75, 3.05) is 37.8 Å². The molecule has 4 heteroatoms. The van der Waals surface area contributed by atoms with E-state index in [9.17, 15) is 0 Å². The van der Waals surface area contributed by atoms with Crippen molar-refractivity contribution in [1.29, 1.82) is 0 Å². The van der Waals surface area contributed by atoms with E-state index >= 15 is 0 Å². The third kappa shape index (κ3) is 3.29. The lowest BCUT2D eigenvalue weighted by Gasteiger charge is -2.20. The molecule has 2 rings (SSSR count). The Bertz CT molecular complexity index is 395. The molecule has 1 heterocycles. The number of hydrogen-bond acceptors (Lipinski definition) is 4. The predicted octanol–water partition coefficient (Wildman–Crippen LogP) is 2.17. The van der Waals surface area contributed by atoms with E-state index < -0.39 is 0 Å². The Kier molecular flexibility index (Phi) is 4.31. The van der Waals surface area contributed by atoms with Crippen LogP contribution in [0.25, 0.3) is 0 Å². The first-order valence-electron chi connectivity index (χ1n) is 6.66. The van der Waals surface area contributed by atoms with E-state index in [4.69, 9.17) is 10.5 Å². The number of nitrogens with one attached hydrogen (secondary N) is 1. The molecule has 1 aromatic carbocycles. The zero-order valence-electron chi connectivity index (χ0n) is 11.3. The average molecular weight is 249 g/mol. The van der Waals surface area contributed by atoms with E-state index in [2.05, 4.69) is 17.3 Å². The van der Waals surface area contributed by atoms with Crippen LogP contribution in [0.15, 0.2) is 18.2 Å². The number of likely N-dealkylation sites (tertiary alicyclic amines) is 1. The van der Waals surface area contributed by atoms with Gasteiger partial charge in [-0.2, -0.15) is 0 Å². The highest BCUT2D eigenvalue weighted by Crippen LogP contribution is 2.23. The van der Waals surface area contributed by atoms with Gasteiger partial charge in [-0.05, 0) is 39.4 Å². The molecular weight excluding hydrogens is 226 g/mol. The van der Waals surface area contributed by atoms with Gasteiger partial charge in [0.05, 0.1) is 6.61 Å². The first kappa shape index (κ1) is 13.0. The third-order valence-electron chi connectivity index (χ3n) is 3.45. The van der Waals surface area contributed by atoms with Crippen LogP contribution in [0.3, 0.4) is 0 Å². The highest BCUT2D eigenvalue weighted by molar-refractivity contribution is 5.59. The number of nitrogens with zero attached hydrogens (tertiary/aromatic N) is 1. The van der Waals surface area contributed by atoms with Gasteiger partial charge in [0.15, 0.2) is 0 Å². The molecule has 0 aromatic heterocycles. The summed E-state index contributed by atoms with van der Waals surface area (Å²) in [6, 6.07) is 6.45. The monoisotopic (exact) mass is 249 g/mol. The van der Waals surface area contributed by atoms with E-state index in [1.54, 1.807) is 0 Å². The highest BCUT2D eigenvalue weighted by atomic mass is 16.5. The normalized spacial score (nSPS) is 20.0. The maximum Gasteiger partial charge on any atom is 0.123 e. The minimum atomic E-state index is 0.627. The van der Waals surface area contributed by atoms with Gasteiger partial charge < -0.3 is 20.7 Å².